The van der Waals surface area contributed by atoms with E-state index >= 15 is 0 Å². The first-order valence-corrected chi connectivity index (χ1v) is 17.2. The van der Waals surface area contributed by atoms with Gasteiger partial charge in [0.15, 0.2) is 9.84 Å². The molecule has 1 aromatic heterocycles. The normalized spacial score (nSPS) is 17.3. The zero-order chi connectivity index (χ0) is 30.9. The summed E-state index contributed by atoms with van der Waals surface area (Å²) in [5, 5.41) is 3.49. The number of nitrogens with one attached hydrogen (secondary N) is 1. The van der Waals surface area contributed by atoms with Crippen molar-refractivity contribution in [3.05, 3.63) is 87.8 Å². The van der Waals surface area contributed by atoms with Gasteiger partial charge in [-0.3, -0.25) is 4.79 Å². The summed E-state index contributed by atoms with van der Waals surface area (Å²) in [6.45, 7) is 1.94. The van der Waals surface area contributed by atoms with Crippen molar-refractivity contribution in [3.8, 4) is 16.9 Å². The molecule has 0 radical (unpaired) electrons. The Morgan fingerprint density at radius 1 is 1.00 bits per heavy atom. The van der Waals surface area contributed by atoms with Crippen molar-refractivity contribution in [3.63, 3.8) is 0 Å². The van der Waals surface area contributed by atoms with Crippen molar-refractivity contribution in [2.45, 2.75) is 57.0 Å². The summed E-state index contributed by atoms with van der Waals surface area (Å²) < 4.78 is 58.7. The van der Waals surface area contributed by atoms with E-state index in [0.717, 1.165) is 65.8 Å². The lowest BCUT2D eigenvalue weighted by Crippen LogP contribution is -2.44. The fourth-order valence-corrected chi connectivity index (χ4v) is 7.99. The van der Waals surface area contributed by atoms with Crippen molar-refractivity contribution in [2.24, 2.45) is 0 Å². The number of fused-ring (bicyclic) bond motifs is 1. The SMILES string of the molecule is CNC1CCC(N(Cc2cc(-c3ccc(CS(C)(=O)=O)cc3)ccc2OC)C(=O)c2sc3c(F)ccc(F)c3c2C)CC1. The largest absolute Gasteiger partial charge is 0.496 e. The average molecular weight is 627 g/mol. The van der Waals surface area contributed by atoms with Crippen LogP contribution in [-0.4, -0.2) is 51.7 Å². The third-order valence-electron chi connectivity index (χ3n) is 8.32. The molecule has 0 saturated heterocycles. The number of carbonyl (C=O) groups excluding carboxylic acids is 1. The first-order chi connectivity index (χ1) is 20.5. The molecule has 1 aliphatic carbocycles. The van der Waals surface area contributed by atoms with E-state index in [0.29, 0.717) is 27.8 Å². The lowest BCUT2D eigenvalue weighted by molar-refractivity contribution is 0.0604. The van der Waals surface area contributed by atoms with Gasteiger partial charge in [-0.05, 0) is 86.2 Å². The van der Waals surface area contributed by atoms with Gasteiger partial charge in [0.25, 0.3) is 5.91 Å². The third-order valence-corrected chi connectivity index (χ3v) is 10.5. The highest BCUT2D eigenvalue weighted by Gasteiger charge is 2.32. The fraction of sp³-hybridized carbons (Fsp3) is 0.364. The van der Waals surface area contributed by atoms with Crippen LogP contribution >= 0.6 is 11.3 Å². The molecule has 0 aliphatic heterocycles. The van der Waals surface area contributed by atoms with Gasteiger partial charge in [-0.1, -0.05) is 30.3 Å². The maximum Gasteiger partial charge on any atom is 0.264 e. The Kier molecular flexibility index (Phi) is 9.20. The molecule has 1 N–H and O–H groups in total. The number of hydrogen-bond donors (Lipinski definition) is 1. The molecule has 1 fully saturated rings. The molecule has 1 amide bonds. The lowest BCUT2D eigenvalue weighted by Gasteiger charge is -2.37. The van der Waals surface area contributed by atoms with Gasteiger partial charge in [0, 0.05) is 35.8 Å². The van der Waals surface area contributed by atoms with Gasteiger partial charge in [0.2, 0.25) is 0 Å². The number of ether oxygens (including phenoxy) is 1. The van der Waals surface area contributed by atoms with Crippen LogP contribution < -0.4 is 10.1 Å². The zero-order valence-corrected chi connectivity index (χ0v) is 26.4. The van der Waals surface area contributed by atoms with E-state index in [1.807, 2.05) is 42.3 Å². The van der Waals surface area contributed by atoms with Crippen LogP contribution in [0.15, 0.2) is 54.6 Å². The van der Waals surface area contributed by atoms with Crippen molar-refractivity contribution in [2.75, 3.05) is 20.4 Å². The molecule has 0 bridgehead atoms. The van der Waals surface area contributed by atoms with Gasteiger partial charge in [0.1, 0.15) is 17.4 Å². The number of hydrogen-bond acceptors (Lipinski definition) is 6. The Hall–Kier alpha value is -3.34. The zero-order valence-electron chi connectivity index (χ0n) is 24.7. The maximum absolute atomic E-state index is 14.8. The number of benzene rings is 3. The van der Waals surface area contributed by atoms with Gasteiger partial charge < -0.3 is 15.0 Å². The van der Waals surface area contributed by atoms with Crippen LogP contribution in [0.3, 0.4) is 0 Å². The minimum Gasteiger partial charge on any atom is -0.496 e. The molecule has 43 heavy (non-hydrogen) atoms. The van der Waals surface area contributed by atoms with Crippen molar-refractivity contribution in [1.29, 1.82) is 0 Å². The third kappa shape index (κ3) is 6.76. The average Bonchev–Trinajstić information content (AvgIpc) is 3.35. The minimum atomic E-state index is -3.15. The van der Waals surface area contributed by atoms with Gasteiger partial charge in [-0.25, -0.2) is 17.2 Å². The highest BCUT2D eigenvalue weighted by atomic mass is 32.2. The van der Waals surface area contributed by atoms with Crippen LogP contribution in [0.5, 0.6) is 5.75 Å². The van der Waals surface area contributed by atoms with Gasteiger partial charge in [-0.2, -0.15) is 0 Å². The molecule has 3 aromatic carbocycles. The second-order valence-electron chi connectivity index (χ2n) is 11.3. The van der Waals surface area contributed by atoms with E-state index in [2.05, 4.69) is 5.32 Å². The first kappa shape index (κ1) is 31.1. The molecule has 1 saturated carbocycles. The predicted octanol–water partition coefficient (Wildman–Crippen LogP) is 6.88. The summed E-state index contributed by atoms with van der Waals surface area (Å²) in [7, 11) is 0.387. The van der Waals surface area contributed by atoms with Crippen molar-refractivity contribution in [1.82, 2.24) is 10.2 Å². The summed E-state index contributed by atoms with van der Waals surface area (Å²) in [4.78, 5) is 16.5. The smallest absolute Gasteiger partial charge is 0.264 e. The molecule has 0 spiro atoms. The van der Waals surface area contributed by atoms with Crippen LogP contribution in [0, 0.1) is 18.6 Å². The monoisotopic (exact) mass is 626 g/mol. The number of carbonyl (C=O) groups is 1. The number of methoxy groups -OCH3 is 1. The van der Waals surface area contributed by atoms with Crippen LogP contribution in [-0.2, 0) is 22.1 Å². The van der Waals surface area contributed by atoms with E-state index in [1.165, 1.54) is 6.26 Å². The molecule has 0 atom stereocenters. The van der Waals surface area contributed by atoms with Crippen LogP contribution in [0.4, 0.5) is 8.78 Å². The Balaban J connectivity index is 1.52. The first-order valence-electron chi connectivity index (χ1n) is 14.3. The molecule has 1 heterocycles. The standard InChI is InChI=1S/C33H36F2N2O4S2/c1-20-30-27(34)14-15-28(35)32(30)42-31(20)33(38)37(26-12-10-25(36-2)11-13-26)18-24-17-23(9-16-29(24)41-3)22-7-5-21(6-8-22)19-43(4,39)40/h5-9,14-17,25-26,36H,10-13,18-19H2,1-4H3. The molecular weight excluding hydrogens is 591 g/mol. The summed E-state index contributed by atoms with van der Waals surface area (Å²) in [5.41, 5.74) is 3.77. The van der Waals surface area contributed by atoms with E-state index in [4.69, 9.17) is 4.74 Å². The summed E-state index contributed by atoms with van der Waals surface area (Å²) in [6.07, 6.45) is 4.64. The quantitative estimate of drug-likeness (QED) is 0.219. The van der Waals surface area contributed by atoms with Crippen LogP contribution in [0.1, 0.15) is 52.0 Å². The fourth-order valence-electron chi connectivity index (χ4n) is 6.01. The Labute approximate surface area is 255 Å². The Bertz CT molecular complexity index is 1750. The number of thiophene rings is 1. The number of rotatable bonds is 9. The number of nitrogens with zero attached hydrogens (tertiary/aromatic N) is 1. The van der Waals surface area contributed by atoms with E-state index < -0.39 is 21.5 Å². The van der Waals surface area contributed by atoms with Crippen molar-refractivity contribution >= 4 is 37.2 Å². The number of sulfone groups is 1. The number of aryl methyl sites for hydroxylation is 1. The summed E-state index contributed by atoms with van der Waals surface area (Å²) in [6, 6.07) is 15.7. The van der Waals surface area contributed by atoms with E-state index in [1.54, 1.807) is 26.2 Å². The molecule has 10 heteroatoms. The predicted molar refractivity (Wildman–Crippen MR) is 168 cm³/mol. The van der Waals surface area contributed by atoms with Crippen LogP contribution in [0.25, 0.3) is 21.2 Å². The minimum absolute atomic E-state index is 0.0288. The van der Waals surface area contributed by atoms with Crippen LogP contribution in [0.2, 0.25) is 0 Å². The lowest BCUT2D eigenvalue weighted by atomic mass is 9.89. The molecule has 228 valence electrons. The summed E-state index contributed by atoms with van der Waals surface area (Å²) >= 11 is 1.00. The number of halogens is 2. The highest BCUT2D eigenvalue weighted by Crippen LogP contribution is 2.38. The summed E-state index contributed by atoms with van der Waals surface area (Å²) in [5.74, 6) is -0.727. The molecule has 6 nitrogen and oxygen atoms in total. The molecule has 5 rings (SSSR count). The second kappa shape index (κ2) is 12.7. The molecule has 4 aromatic rings. The highest BCUT2D eigenvalue weighted by molar-refractivity contribution is 7.89. The number of amides is 1. The van der Waals surface area contributed by atoms with Gasteiger partial charge in [-0.15, -0.1) is 11.3 Å². The van der Waals surface area contributed by atoms with E-state index in [-0.39, 0.29) is 34.3 Å². The van der Waals surface area contributed by atoms with Gasteiger partial charge in [0.05, 0.1) is 22.4 Å². The maximum atomic E-state index is 14.8. The molecule has 0 unspecified atom stereocenters. The molecular formula is C33H36F2N2O4S2. The Morgan fingerprint density at radius 2 is 1.65 bits per heavy atom. The van der Waals surface area contributed by atoms with E-state index in [9.17, 15) is 22.0 Å². The topological polar surface area (TPSA) is 75.7 Å². The molecule has 1 aliphatic rings. The van der Waals surface area contributed by atoms with Gasteiger partial charge >= 0.3 is 0 Å². The van der Waals surface area contributed by atoms with Crippen molar-refractivity contribution < 1.29 is 26.7 Å². The Morgan fingerprint density at radius 3 is 2.26 bits per heavy atom. The second-order valence-corrected chi connectivity index (χ2v) is 14.5.